The average Bonchev–Trinajstić information content (AvgIpc) is 2.68. The van der Waals surface area contributed by atoms with Gasteiger partial charge in [-0.25, -0.2) is 0 Å². The fourth-order valence-electron chi connectivity index (χ4n) is 3.08. The molecular weight excluding hydrogens is 267 g/mol. The number of halogens is 2. The zero-order valence-electron chi connectivity index (χ0n) is 11.6. The van der Waals surface area contributed by atoms with E-state index >= 15 is 0 Å². The van der Waals surface area contributed by atoms with Gasteiger partial charge in [-0.1, -0.05) is 39.3 Å². The lowest BCUT2D eigenvalue weighted by Gasteiger charge is -2.16. The third-order valence-electron chi connectivity index (χ3n) is 4.91. The summed E-state index contributed by atoms with van der Waals surface area (Å²) in [5, 5.41) is 0.636. The molecule has 1 saturated carbocycles. The van der Waals surface area contributed by atoms with Crippen LogP contribution < -0.4 is 4.74 Å². The van der Waals surface area contributed by atoms with E-state index in [0.29, 0.717) is 10.9 Å². The molecule has 2 rings (SSSR count). The molecule has 0 amide bonds. The highest BCUT2D eigenvalue weighted by atomic mass is 35.5. The number of alkyl halides is 1. The molecule has 0 N–H and O–H groups in total. The first-order valence-electron chi connectivity index (χ1n) is 6.21. The Kier molecular flexibility index (Phi) is 3.36. The molecule has 1 unspecified atom stereocenters. The zero-order valence-corrected chi connectivity index (χ0v) is 13.1. The van der Waals surface area contributed by atoms with Gasteiger partial charge in [0.2, 0.25) is 0 Å². The Morgan fingerprint density at radius 2 is 1.72 bits per heavy atom. The number of rotatable bonds is 3. The highest BCUT2D eigenvalue weighted by Gasteiger charge is 2.67. The summed E-state index contributed by atoms with van der Waals surface area (Å²) in [4.78, 5) is 0. The lowest BCUT2D eigenvalue weighted by Crippen LogP contribution is -2.02. The molecule has 1 aliphatic carbocycles. The Morgan fingerprint density at radius 1 is 1.17 bits per heavy atom. The molecule has 0 aromatic heterocycles. The highest BCUT2D eigenvalue weighted by Crippen LogP contribution is 2.74. The van der Waals surface area contributed by atoms with E-state index in [0.717, 1.165) is 11.3 Å². The summed E-state index contributed by atoms with van der Waals surface area (Å²) in [5.74, 6) is 1.25. The molecule has 0 radical (unpaired) electrons. The maximum atomic E-state index is 6.69. The Balaban J connectivity index is 2.36. The Morgan fingerprint density at radius 3 is 2.17 bits per heavy atom. The van der Waals surface area contributed by atoms with Gasteiger partial charge in [0.25, 0.3) is 0 Å². The summed E-state index contributed by atoms with van der Waals surface area (Å²) in [6.07, 6.45) is 0. The number of hydrogen-bond donors (Lipinski definition) is 0. The van der Waals surface area contributed by atoms with Crippen molar-refractivity contribution in [2.24, 2.45) is 16.7 Å². The van der Waals surface area contributed by atoms with Crippen LogP contribution in [-0.2, 0) is 0 Å². The van der Waals surface area contributed by atoms with Crippen molar-refractivity contribution in [3.8, 4) is 5.75 Å². The van der Waals surface area contributed by atoms with Crippen LogP contribution in [0.5, 0.6) is 5.75 Å². The van der Waals surface area contributed by atoms with Crippen molar-refractivity contribution in [1.29, 1.82) is 0 Å². The van der Waals surface area contributed by atoms with Gasteiger partial charge in [-0.05, 0) is 34.9 Å². The molecule has 1 fully saturated rings. The fourth-order valence-corrected chi connectivity index (χ4v) is 4.06. The second kappa shape index (κ2) is 4.31. The molecular formula is C15H20Cl2O. The average molecular weight is 287 g/mol. The molecule has 0 aliphatic heterocycles. The van der Waals surface area contributed by atoms with Gasteiger partial charge in [0.05, 0.1) is 12.5 Å². The molecule has 1 aliphatic rings. The molecule has 0 spiro atoms. The maximum Gasteiger partial charge on any atom is 0.123 e. The summed E-state index contributed by atoms with van der Waals surface area (Å²) in [7, 11) is 1.67. The van der Waals surface area contributed by atoms with E-state index in [-0.39, 0.29) is 16.2 Å². The van der Waals surface area contributed by atoms with E-state index in [4.69, 9.17) is 27.9 Å². The predicted octanol–water partition coefficient (Wildman–Crippen LogP) is 5.31. The van der Waals surface area contributed by atoms with Crippen molar-refractivity contribution in [2.75, 3.05) is 7.11 Å². The minimum Gasteiger partial charge on any atom is -0.496 e. The van der Waals surface area contributed by atoms with Crippen LogP contribution in [0.1, 0.15) is 38.6 Å². The Hall–Kier alpha value is -0.400. The van der Waals surface area contributed by atoms with E-state index in [1.165, 1.54) is 0 Å². The molecule has 1 aromatic carbocycles. The maximum absolute atomic E-state index is 6.69. The summed E-state index contributed by atoms with van der Waals surface area (Å²) in [6, 6.07) is 5.63. The molecule has 18 heavy (non-hydrogen) atoms. The molecule has 0 heterocycles. The molecule has 1 nitrogen and oxygen atoms in total. The van der Waals surface area contributed by atoms with E-state index in [1.807, 2.05) is 18.2 Å². The molecule has 3 heteroatoms. The number of benzene rings is 1. The van der Waals surface area contributed by atoms with Crippen LogP contribution in [0.2, 0.25) is 5.02 Å². The third-order valence-corrected chi connectivity index (χ3v) is 5.64. The van der Waals surface area contributed by atoms with Crippen LogP contribution in [0, 0.1) is 16.7 Å². The second-order valence-corrected chi connectivity index (χ2v) is 7.12. The number of methoxy groups -OCH3 is 1. The first-order chi connectivity index (χ1) is 8.23. The van der Waals surface area contributed by atoms with Crippen molar-refractivity contribution in [3.05, 3.63) is 28.8 Å². The van der Waals surface area contributed by atoms with Gasteiger partial charge in [-0.15, -0.1) is 11.6 Å². The molecule has 1 atom stereocenters. The van der Waals surface area contributed by atoms with Gasteiger partial charge >= 0.3 is 0 Å². The Bertz CT molecular complexity index is 452. The molecule has 1 aromatic rings. The van der Waals surface area contributed by atoms with E-state index < -0.39 is 0 Å². The van der Waals surface area contributed by atoms with Gasteiger partial charge in [0.1, 0.15) is 5.75 Å². The lowest BCUT2D eigenvalue weighted by molar-refractivity contribution is 0.405. The van der Waals surface area contributed by atoms with Gasteiger partial charge < -0.3 is 4.74 Å². The molecule has 100 valence electrons. The summed E-state index contributed by atoms with van der Waals surface area (Å²) in [5.41, 5.74) is 1.48. The molecule has 0 saturated heterocycles. The van der Waals surface area contributed by atoms with Crippen molar-refractivity contribution in [2.45, 2.75) is 33.1 Å². The van der Waals surface area contributed by atoms with Crippen LogP contribution in [0.25, 0.3) is 0 Å². The summed E-state index contributed by atoms with van der Waals surface area (Å²) < 4.78 is 5.39. The third kappa shape index (κ3) is 1.92. The molecule has 0 bridgehead atoms. The largest absolute Gasteiger partial charge is 0.496 e. The Labute approximate surface area is 119 Å². The normalized spacial score (nSPS) is 22.6. The summed E-state index contributed by atoms with van der Waals surface area (Å²) >= 11 is 12.8. The zero-order chi connectivity index (χ0) is 13.7. The first kappa shape index (κ1) is 14.0. The van der Waals surface area contributed by atoms with Crippen LogP contribution in [-0.4, -0.2) is 7.11 Å². The fraction of sp³-hybridized carbons (Fsp3) is 0.600. The first-order valence-corrected chi connectivity index (χ1v) is 7.02. The topological polar surface area (TPSA) is 9.23 Å². The van der Waals surface area contributed by atoms with Crippen LogP contribution in [0.4, 0.5) is 0 Å². The van der Waals surface area contributed by atoms with E-state index in [2.05, 4.69) is 27.7 Å². The van der Waals surface area contributed by atoms with Crippen LogP contribution >= 0.6 is 23.2 Å². The van der Waals surface area contributed by atoms with Gasteiger partial charge in [0.15, 0.2) is 0 Å². The monoisotopic (exact) mass is 286 g/mol. The minimum atomic E-state index is -0.0661. The lowest BCUT2D eigenvalue weighted by atomic mass is 10.0. The standard InChI is InChI=1S/C15H20Cl2O/c1-14(2)13(15(14,3)4)12(17)10-8-9(16)6-7-11(10)18-5/h6-8,12-13H,1-5H3. The smallest absolute Gasteiger partial charge is 0.123 e. The van der Waals surface area contributed by atoms with Gasteiger partial charge in [0, 0.05) is 10.6 Å². The van der Waals surface area contributed by atoms with Crippen molar-refractivity contribution in [1.82, 2.24) is 0 Å². The van der Waals surface area contributed by atoms with Crippen molar-refractivity contribution >= 4 is 23.2 Å². The van der Waals surface area contributed by atoms with Gasteiger partial charge in [-0.3, -0.25) is 0 Å². The number of hydrogen-bond acceptors (Lipinski definition) is 1. The van der Waals surface area contributed by atoms with Gasteiger partial charge in [-0.2, -0.15) is 0 Å². The van der Waals surface area contributed by atoms with Crippen LogP contribution in [0.15, 0.2) is 18.2 Å². The van der Waals surface area contributed by atoms with Crippen molar-refractivity contribution < 1.29 is 4.74 Å². The second-order valence-electron chi connectivity index (χ2n) is 6.21. The quantitative estimate of drug-likeness (QED) is 0.684. The van der Waals surface area contributed by atoms with E-state index in [1.54, 1.807) is 7.11 Å². The SMILES string of the molecule is COc1ccc(Cl)cc1C(Cl)C1C(C)(C)C1(C)C. The number of ether oxygens (including phenoxy) is 1. The van der Waals surface area contributed by atoms with Crippen molar-refractivity contribution in [3.63, 3.8) is 0 Å². The van der Waals surface area contributed by atoms with E-state index in [9.17, 15) is 0 Å². The summed E-state index contributed by atoms with van der Waals surface area (Å²) in [6.45, 7) is 9.07. The van der Waals surface area contributed by atoms with Crippen LogP contribution in [0.3, 0.4) is 0 Å². The minimum absolute atomic E-state index is 0.0661. The predicted molar refractivity (Wildman–Crippen MR) is 77.7 cm³/mol. The highest BCUT2D eigenvalue weighted by molar-refractivity contribution is 6.31.